The molecular weight excluding hydrogens is 290 g/mol. The predicted octanol–water partition coefficient (Wildman–Crippen LogP) is 3.39. The quantitative estimate of drug-likeness (QED) is 0.553. The van der Waals surface area contributed by atoms with Gasteiger partial charge in [0.1, 0.15) is 5.82 Å². The number of hydrogen-bond donors (Lipinski definition) is 0. The number of thioether (sulfide) groups is 1. The highest BCUT2D eigenvalue weighted by atomic mass is 32.2. The van der Waals surface area contributed by atoms with Crippen LogP contribution in [-0.4, -0.2) is 33.7 Å². The van der Waals surface area contributed by atoms with E-state index in [-0.39, 0.29) is 0 Å². The van der Waals surface area contributed by atoms with Crippen molar-refractivity contribution in [3.8, 4) is 0 Å². The summed E-state index contributed by atoms with van der Waals surface area (Å²) in [5, 5.41) is 12.0. The highest BCUT2D eigenvalue weighted by Crippen LogP contribution is 2.39. The lowest BCUT2D eigenvalue weighted by molar-refractivity contribution is 0.164. The number of nitrogens with zero attached hydrogens (tertiary/aromatic N) is 3. The molecule has 0 radical (unpaired) electrons. The lowest BCUT2D eigenvalue weighted by Crippen LogP contribution is -2.04. The lowest BCUT2D eigenvalue weighted by Gasteiger charge is -2.08. The van der Waals surface area contributed by atoms with Crippen molar-refractivity contribution in [1.82, 2.24) is 14.8 Å². The van der Waals surface area contributed by atoms with Crippen molar-refractivity contribution < 1.29 is 4.74 Å². The zero-order valence-corrected chi connectivity index (χ0v) is 13.3. The molecule has 1 aliphatic carbocycles. The number of hydrogen-bond acceptors (Lipinski definition) is 5. The van der Waals surface area contributed by atoms with Gasteiger partial charge in [0.05, 0.1) is 6.61 Å². The monoisotopic (exact) mass is 309 g/mol. The molecule has 0 bridgehead atoms. The Morgan fingerprint density at radius 3 is 3.05 bits per heavy atom. The van der Waals surface area contributed by atoms with Gasteiger partial charge in [0.25, 0.3) is 0 Å². The number of ether oxygens (including phenoxy) is 1. The van der Waals surface area contributed by atoms with E-state index in [1.807, 2.05) is 6.92 Å². The van der Waals surface area contributed by atoms with E-state index in [4.69, 9.17) is 4.74 Å². The van der Waals surface area contributed by atoms with Gasteiger partial charge in [-0.3, -0.25) is 0 Å². The zero-order chi connectivity index (χ0) is 13.8. The largest absolute Gasteiger partial charge is 0.381 e. The van der Waals surface area contributed by atoms with Crippen LogP contribution in [-0.2, 0) is 11.2 Å². The van der Waals surface area contributed by atoms with Gasteiger partial charge < -0.3 is 9.30 Å². The standard InChI is InChI=1S/C14H19N3OS2/c1-2-18-7-9-20-14-16-15-13(17(14)11-5-6-11)10-12-4-3-8-19-12/h3-4,8,11H,2,5-7,9-10H2,1H3. The Balaban J connectivity index is 1.69. The molecule has 0 aromatic carbocycles. The smallest absolute Gasteiger partial charge is 0.191 e. The Morgan fingerprint density at radius 2 is 2.35 bits per heavy atom. The maximum atomic E-state index is 5.39. The van der Waals surface area contributed by atoms with Crippen molar-refractivity contribution >= 4 is 23.1 Å². The normalized spacial score (nSPS) is 14.8. The summed E-state index contributed by atoms with van der Waals surface area (Å²) in [7, 11) is 0. The summed E-state index contributed by atoms with van der Waals surface area (Å²) in [6.07, 6.45) is 3.41. The van der Waals surface area contributed by atoms with Gasteiger partial charge in [-0.15, -0.1) is 21.5 Å². The minimum atomic E-state index is 0.620. The second kappa shape index (κ2) is 6.74. The van der Waals surface area contributed by atoms with Crippen molar-refractivity contribution in [3.63, 3.8) is 0 Å². The lowest BCUT2D eigenvalue weighted by atomic mass is 10.3. The van der Waals surface area contributed by atoms with Crippen molar-refractivity contribution in [2.75, 3.05) is 19.0 Å². The SMILES string of the molecule is CCOCCSc1nnc(Cc2cccs2)n1C1CC1. The second-order valence-electron chi connectivity index (χ2n) is 4.80. The van der Waals surface area contributed by atoms with Crippen molar-refractivity contribution in [2.24, 2.45) is 0 Å². The Kier molecular flexibility index (Phi) is 4.75. The van der Waals surface area contributed by atoms with Crippen LogP contribution in [0.25, 0.3) is 0 Å². The van der Waals surface area contributed by atoms with Gasteiger partial charge in [-0.1, -0.05) is 17.8 Å². The first kappa shape index (κ1) is 14.1. The van der Waals surface area contributed by atoms with E-state index in [1.165, 1.54) is 17.7 Å². The number of thiophene rings is 1. The molecule has 0 aliphatic heterocycles. The van der Waals surface area contributed by atoms with Crippen LogP contribution in [0, 0.1) is 0 Å². The van der Waals surface area contributed by atoms with Crippen LogP contribution in [0.1, 0.15) is 36.5 Å². The highest BCUT2D eigenvalue weighted by molar-refractivity contribution is 7.99. The van der Waals surface area contributed by atoms with Crippen LogP contribution in [0.2, 0.25) is 0 Å². The molecule has 0 spiro atoms. The van der Waals surface area contributed by atoms with Gasteiger partial charge in [-0.05, 0) is 31.2 Å². The summed E-state index contributed by atoms with van der Waals surface area (Å²) < 4.78 is 7.73. The minimum absolute atomic E-state index is 0.620. The van der Waals surface area contributed by atoms with E-state index in [0.717, 1.165) is 36.4 Å². The molecule has 6 heteroatoms. The van der Waals surface area contributed by atoms with Crippen molar-refractivity contribution in [1.29, 1.82) is 0 Å². The molecule has 1 fully saturated rings. The Hall–Kier alpha value is -0.850. The first-order valence-electron chi connectivity index (χ1n) is 7.05. The molecule has 0 unspecified atom stereocenters. The summed E-state index contributed by atoms with van der Waals surface area (Å²) in [6, 6.07) is 4.88. The van der Waals surface area contributed by atoms with Crippen LogP contribution in [0.15, 0.2) is 22.7 Å². The van der Waals surface area contributed by atoms with E-state index >= 15 is 0 Å². The number of rotatable bonds is 8. The van der Waals surface area contributed by atoms with Crippen LogP contribution >= 0.6 is 23.1 Å². The second-order valence-corrected chi connectivity index (χ2v) is 6.90. The summed E-state index contributed by atoms with van der Waals surface area (Å²) in [4.78, 5) is 1.35. The summed E-state index contributed by atoms with van der Waals surface area (Å²) in [6.45, 7) is 3.58. The maximum Gasteiger partial charge on any atom is 0.191 e. The first-order valence-corrected chi connectivity index (χ1v) is 8.91. The number of aromatic nitrogens is 3. The third-order valence-electron chi connectivity index (χ3n) is 3.22. The van der Waals surface area contributed by atoms with E-state index in [0.29, 0.717) is 6.04 Å². The fourth-order valence-corrected chi connectivity index (χ4v) is 3.71. The molecule has 2 aromatic rings. The molecule has 3 rings (SSSR count). The summed E-state index contributed by atoms with van der Waals surface area (Å²) in [5.41, 5.74) is 0. The highest BCUT2D eigenvalue weighted by Gasteiger charge is 2.29. The van der Waals surface area contributed by atoms with Gasteiger partial charge in [0.15, 0.2) is 5.16 Å². The van der Waals surface area contributed by atoms with Crippen molar-refractivity contribution in [3.05, 3.63) is 28.2 Å². The van der Waals surface area contributed by atoms with Gasteiger partial charge in [-0.25, -0.2) is 0 Å². The molecule has 2 heterocycles. The Bertz CT molecular complexity index is 535. The maximum absolute atomic E-state index is 5.39. The molecule has 0 amide bonds. The van der Waals surface area contributed by atoms with E-state index < -0.39 is 0 Å². The van der Waals surface area contributed by atoms with E-state index in [2.05, 4.69) is 32.3 Å². The third-order valence-corrected chi connectivity index (χ3v) is 5.01. The summed E-state index contributed by atoms with van der Waals surface area (Å²) in [5.74, 6) is 2.05. The van der Waals surface area contributed by atoms with Gasteiger partial charge in [-0.2, -0.15) is 0 Å². The van der Waals surface area contributed by atoms with Crippen LogP contribution < -0.4 is 0 Å². The van der Waals surface area contributed by atoms with E-state index in [1.54, 1.807) is 23.1 Å². The van der Waals surface area contributed by atoms with Crippen molar-refractivity contribution in [2.45, 2.75) is 37.4 Å². The topological polar surface area (TPSA) is 39.9 Å². The molecule has 0 N–H and O–H groups in total. The Morgan fingerprint density at radius 1 is 1.45 bits per heavy atom. The molecule has 1 aliphatic rings. The zero-order valence-electron chi connectivity index (χ0n) is 11.6. The average molecular weight is 309 g/mol. The molecule has 20 heavy (non-hydrogen) atoms. The van der Waals surface area contributed by atoms with Crippen LogP contribution in [0.5, 0.6) is 0 Å². The molecule has 4 nitrogen and oxygen atoms in total. The molecule has 0 saturated heterocycles. The van der Waals surface area contributed by atoms with Gasteiger partial charge in [0.2, 0.25) is 0 Å². The molecule has 108 valence electrons. The fraction of sp³-hybridized carbons (Fsp3) is 0.571. The first-order chi connectivity index (χ1) is 9.88. The summed E-state index contributed by atoms with van der Waals surface area (Å²) >= 11 is 3.54. The third kappa shape index (κ3) is 3.42. The predicted molar refractivity (Wildman–Crippen MR) is 82.6 cm³/mol. The van der Waals surface area contributed by atoms with Gasteiger partial charge in [0, 0.05) is 29.7 Å². The van der Waals surface area contributed by atoms with Gasteiger partial charge >= 0.3 is 0 Å². The molecular formula is C14H19N3OS2. The molecule has 1 saturated carbocycles. The van der Waals surface area contributed by atoms with Crippen LogP contribution in [0.3, 0.4) is 0 Å². The average Bonchev–Trinajstić information content (AvgIpc) is 3.01. The van der Waals surface area contributed by atoms with E-state index in [9.17, 15) is 0 Å². The Labute approximate surface area is 127 Å². The minimum Gasteiger partial charge on any atom is -0.381 e. The fourth-order valence-electron chi connectivity index (χ4n) is 2.13. The van der Waals surface area contributed by atoms with Crippen LogP contribution in [0.4, 0.5) is 0 Å². The molecule has 0 atom stereocenters. The molecule has 2 aromatic heterocycles.